The molecule has 0 aromatic heterocycles. The zero-order chi connectivity index (χ0) is 14.7. The monoisotopic (exact) mass is 277 g/mol. The van der Waals surface area contributed by atoms with Crippen molar-refractivity contribution in [3.63, 3.8) is 0 Å². The SMILES string of the molecule is CC(Nc1ccc(C(=O)O)cc1)c1ccc(F)c(F)c1. The fourth-order valence-electron chi connectivity index (χ4n) is 1.82. The highest BCUT2D eigenvalue weighted by Gasteiger charge is 2.09. The lowest BCUT2D eigenvalue weighted by atomic mass is 10.1. The Kier molecular flexibility index (Phi) is 3.98. The van der Waals surface area contributed by atoms with Gasteiger partial charge in [-0.1, -0.05) is 6.07 Å². The molecule has 1 atom stereocenters. The van der Waals surface area contributed by atoms with Crippen molar-refractivity contribution < 1.29 is 18.7 Å². The third-order valence-corrected chi connectivity index (χ3v) is 2.96. The second kappa shape index (κ2) is 5.69. The summed E-state index contributed by atoms with van der Waals surface area (Å²) in [5.41, 5.74) is 1.49. The van der Waals surface area contributed by atoms with E-state index >= 15 is 0 Å². The van der Waals surface area contributed by atoms with E-state index in [0.717, 1.165) is 12.1 Å². The minimum atomic E-state index is -0.995. The molecule has 2 aromatic carbocycles. The van der Waals surface area contributed by atoms with Gasteiger partial charge < -0.3 is 10.4 Å². The van der Waals surface area contributed by atoms with Crippen LogP contribution in [0.15, 0.2) is 42.5 Å². The van der Waals surface area contributed by atoms with Gasteiger partial charge in [-0.3, -0.25) is 0 Å². The van der Waals surface area contributed by atoms with E-state index in [1.54, 1.807) is 19.1 Å². The van der Waals surface area contributed by atoms with Gasteiger partial charge in [0.25, 0.3) is 0 Å². The summed E-state index contributed by atoms with van der Waals surface area (Å²) in [5, 5.41) is 11.9. The van der Waals surface area contributed by atoms with Crippen LogP contribution in [0.3, 0.4) is 0 Å². The molecule has 5 heteroatoms. The first-order chi connectivity index (χ1) is 9.47. The third-order valence-electron chi connectivity index (χ3n) is 2.96. The van der Waals surface area contributed by atoms with Gasteiger partial charge >= 0.3 is 5.97 Å². The summed E-state index contributed by atoms with van der Waals surface area (Å²) in [6.45, 7) is 1.80. The van der Waals surface area contributed by atoms with E-state index in [4.69, 9.17) is 5.11 Å². The summed E-state index contributed by atoms with van der Waals surface area (Å²) in [4.78, 5) is 10.7. The number of carbonyl (C=O) groups is 1. The van der Waals surface area contributed by atoms with Gasteiger partial charge in [-0.25, -0.2) is 13.6 Å². The third kappa shape index (κ3) is 3.12. The molecular weight excluding hydrogens is 264 g/mol. The standard InChI is InChI=1S/C15H13F2NO2/c1-9(11-4-7-13(16)14(17)8-11)18-12-5-2-10(3-6-12)15(19)20/h2-9,18H,1H3,(H,19,20). The molecule has 2 aromatic rings. The molecule has 2 N–H and O–H groups in total. The number of hydrogen-bond donors (Lipinski definition) is 2. The first-order valence-electron chi connectivity index (χ1n) is 6.02. The highest BCUT2D eigenvalue weighted by atomic mass is 19.2. The van der Waals surface area contributed by atoms with Crippen molar-refractivity contribution in [3.8, 4) is 0 Å². The molecule has 0 radical (unpaired) electrons. The van der Waals surface area contributed by atoms with Crippen LogP contribution >= 0.6 is 0 Å². The molecule has 3 nitrogen and oxygen atoms in total. The molecule has 20 heavy (non-hydrogen) atoms. The van der Waals surface area contributed by atoms with E-state index < -0.39 is 17.6 Å². The van der Waals surface area contributed by atoms with Gasteiger partial charge in [0.15, 0.2) is 11.6 Å². The predicted molar refractivity (Wildman–Crippen MR) is 71.8 cm³/mol. The summed E-state index contributed by atoms with van der Waals surface area (Å²) in [6.07, 6.45) is 0. The molecule has 0 aliphatic carbocycles. The Morgan fingerprint density at radius 2 is 1.75 bits per heavy atom. The maximum absolute atomic E-state index is 13.2. The minimum Gasteiger partial charge on any atom is -0.478 e. The van der Waals surface area contributed by atoms with Crippen molar-refractivity contribution >= 4 is 11.7 Å². The van der Waals surface area contributed by atoms with Gasteiger partial charge in [0, 0.05) is 11.7 Å². The molecule has 0 aliphatic heterocycles. The Morgan fingerprint density at radius 1 is 1.10 bits per heavy atom. The summed E-state index contributed by atoms with van der Waals surface area (Å²) in [6, 6.07) is 9.68. The van der Waals surface area contributed by atoms with Crippen LogP contribution in [0.25, 0.3) is 0 Å². The van der Waals surface area contributed by atoms with Gasteiger partial charge in [0.2, 0.25) is 0 Å². The summed E-state index contributed by atoms with van der Waals surface area (Å²) >= 11 is 0. The van der Waals surface area contributed by atoms with Crippen LogP contribution < -0.4 is 5.32 Å². The normalized spacial score (nSPS) is 11.9. The van der Waals surface area contributed by atoms with Crippen molar-refractivity contribution in [1.82, 2.24) is 0 Å². The quantitative estimate of drug-likeness (QED) is 0.892. The van der Waals surface area contributed by atoms with Crippen LogP contribution in [0.2, 0.25) is 0 Å². The predicted octanol–water partition coefficient (Wildman–Crippen LogP) is 3.84. The molecule has 0 saturated heterocycles. The number of aromatic carboxylic acids is 1. The largest absolute Gasteiger partial charge is 0.478 e. The first-order valence-corrected chi connectivity index (χ1v) is 6.02. The molecular formula is C15H13F2NO2. The molecule has 1 unspecified atom stereocenters. The highest BCUT2D eigenvalue weighted by Crippen LogP contribution is 2.21. The molecule has 0 heterocycles. The van der Waals surface area contributed by atoms with E-state index in [-0.39, 0.29) is 11.6 Å². The van der Waals surface area contributed by atoms with Gasteiger partial charge in [-0.2, -0.15) is 0 Å². The van der Waals surface area contributed by atoms with Gasteiger partial charge in [-0.15, -0.1) is 0 Å². The lowest BCUT2D eigenvalue weighted by molar-refractivity contribution is 0.0697. The molecule has 0 fully saturated rings. The number of halogens is 2. The van der Waals surface area contributed by atoms with Crippen LogP contribution in [-0.4, -0.2) is 11.1 Å². The fourth-order valence-corrected chi connectivity index (χ4v) is 1.82. The number of hydrogen-bond acceptors (Lipinski definition) is 2. The van der Waals surface area contributed by atoms with Gasteiger partial charge in [-0.05, 0) is 48.9 Å². The molecule has 0 saturated carbocycles. The molecule has 0 bridgehead atoms. The Hall–Kier alpha value is -2.43. The lowest BCUT2D eigenvalue weighted by Gasteiger charge is -2.16. The fraction of sp³-hybridized carbons (Fsp3) is 0.133. The topological polar surface area (TPSA) is 49.3 Å². The second-order valence-electron chi connectivity index (χ2n) is 4.42. The van der Waals surface area contributed by atoms with Crippen LogP contribution in [0.4, 0.5) is 14.5 Å². The average molecular weight is 277 g/mol. The molecule has 104 valence electrons. The van der Waals surface area contributed by atoms with Crippen molar-refractivity contribution in [1.29, 1.82) is 0 Å². The Bertz CT molecular complexity index is 626. The average Bonchev–Trinajstić information content (AvgIpc) is 2.42. The number of carboxylic acid groups (broad SMARTS) is 1. The van der Waals surface area contributed by atoms with Crippen molar-refractivity contribution in [2.24, 2.45) is 0 Å². The van der Waals surface area contributed by atoms with Gasteiger partial charge in [0.05, 0.1) is 5.56 Å². The van der Waals surface area contributed by atoms with Crippen molar-refractivity contribution in [2.45, 2.75) is 13.0 Å². The van der Waals surface area contributed by atoms with E-state index in [1.807, 2.05) is 0 Å². The Balaban J connectivity index is 2.12. The molecule has 0 aliphatic rings. The van der Waals surface area contributed by atoms with E-state index in [0.29, 0.717) is 11.3 Å². The van der Waals surface area contributed by atoms with Crippen LogP contribution in [0.1, 0.15) is 28.9 Å². The van der Waals surface area contributed by atoms with Crippen molar-refractivity contribution in [3.05, 3.63) is 65.2 Å². The zero-order valence-electron chi connectivity index (χ0n) is 10.7. The van der Waals surface area contributed by atoms with E-state index in [9.17, 15) is 13.6 Å². The Labute approximate surface area is 114 Å². The number of benzene rings is 2. The summed E-state index contributed by atoms with van der Waals surface area (Å²) in [5.74, 6) is -2.77. The van der Waals surface area contributed by atoms with E-state index in [1.165, 1.54) is 18.2 Å². The maximum atomic E-state index is 13.2. The lowest BCUT2D eigenvalue weighted by Crippen LogP contribution is -2.07. The number of rotatable bonds is 4. The van der Waals surface area contributed by atoms with Gasteiger partial charge in [0.1, 0.15) is 0 Å². The van der Waals surface area contributed by atoms with E-state index in [2.05, 4.69) is 5.32 Å². The molecule has 0 spiro atoms. The highest BCUT2D eigenvalue weighted by molar-refractivity contribution is 5.88. The van der Waals surface area contributed by atoms with Crippen molar-refractivity contribution in [2.75, 3.05) is 5.32 Å². The number of carboxylic acids is 1. The summed E-state index contributed by atoms with van der Waals surface area (Å²) in [7, 11) is 0. The van der Waals surface area contributed by atoms with Crippen LogP contribution in [0, 0.1) is 11.6 Å². The second-order valence-corrected chi connectivity index (χ2v) is 4.42. The minimum absolute atomic E-state index is 0.191. The van der Waals surface area contributed by atoms with Crippen LogP contribution in [0.5, 0.6) is 0 Å². The first kappa shape index (κ1) is 14.0. The molecule has 0 amide bonds. The molecule has 2 rings (SSSR count). The summed E-state index contributed by atoms with van der Waals surface area (Å²) < 4.78 is 26.0. The Morgan fingerprint density at radius 3 is 2.30 bits per heavy atom. The maximum Gasteiger partial charge on any atom is 0.335 e. The number of nitrogens with one attached hydrogen (secondary N) is 1. The zero-order valence-corrected chi connectivity index (χ0v) is 10.7. The smallest absolute Gasteiger partial charge is 0.335 e. The number of anilines is 1. The van der Waals surface area contributed by atoms with Crippen LogP contribution in [-0.2, 0) is 0 Å².